The number of rotatable bonds is 3. The molecule has 1 rings (SSSR count). The van der Waals surface area contributed by atoms with E-state index in [9.17, 15) is 26.3 Å². The number of hydrogen-bond donors (Lipinski definition) is 1. The molecule has 19 heavy (non-hydrogen) atoms. The van der Waals surface area contributed by atoms with Gasteiger partial charge in [0.15, 0.2) is 5.92 Å². The first-order valence-electron chi connectivity index (χ1n) is 5.13. The van der Waals surface area contributed by atoms with Gasteiger partial charge in [-0.1, -0.05) is 23.7 Å². The minimum absolute atomic E-state index is 0.133. The smallest absolute Gasteiger partial charge is 0.312 e. The van der Waals surface area contributed by atoms with Gasteiger partial charge >= 0.3 is 12.4 Å². The van der Waals surface area contributed by atoms with Crippen molar-refractivity contribution < 1.29 is 26.3 Å². The molecule has 0 heterocycles. The zero-order chi connectivity index (χ0) is 14.8. The topological polar surface area (TPSA) is 12.0 Å². The molecule has 1 N–H and O–H groups in total. The van der Waals surface area contributed by atoms with Crippen LogP contribution in [0.25, 0.3) is 0 Å². The lowest BCUT2D eigenvalue weighted by Gasteiger charge is -2.30. The van der Waals surface area contributed by atoms with Gasteiger partial charge in [-0.25, -0.2) is 0 Å². The molecular weight excluding hydrogens is 296 g/mol. The fourth-order valence-corrected chi connectivity index (χ4v) is 1.89. The molecule has 1 aromatic carbocycles. The molecule has 8 heteroatoms. The molecule has 1 unspecified atom stereocenters. The van der Waals surface area contributed by atoms with E-state index < -0.39 is 24.3 Å². The van der Waals surface area contributed by atoms with Crippen LogP contribution in [0.4, 0.5) is 26.3 Å². The molecule has 0 aliphatic heterocycles. The number of halogens is 7. The first kappa shape index (κ1) is 16.1. The molecule has 0 amide bonds. The molecule has 1 nitrogen and oxygen atoms in total. The maximum atomic E-state index is 12.6. The minimum atomic E-state index is -5.40. The normalized spacial score (nSPS) is 14.8. The average molecular weight is 306 g/mol. The summed E-state index contributed by atoms with van der Waals surface area (Å²) in [6.07, 6.45) is -10.8. The Morgan fingerprint density at radius 1 is 0.947 bits per heavy atom. The van der Waals surface area contributed by atoms with Crippen LogP contribution in [0.1, 0.15) is 11.6 Å². The fraction of sp³-hybridized carbons (Fsp3) is 0.455. The van der Waals surface area contributed by atoms with Crippen LogP contribution in [0.5, 0.6) is 0 Å². The zero-order valence-corrected chi connectivity index (χ0v) is 10.4. The Labute approximate surface area is 110 Å². The molecule has 0 spiro atoms. The first-order chi connectivity index (χ1) is 8.57. The lowest BCUT2D eigenvalue weighted by molar-refractivity contribution is -0.292. The number of alkyl halides is 6. The highest BCUT2D eigenvalue weighted by atomic mass is 35.5. The van der Waals surface area contributed by atoms with E-state index in [1.165, 1.54) is 12.1 Å². The van der Waals surface area contributed by atoms with Crippen LogP contribution < -0.4 is 5.32 Å². The van der Waals surface area contributed by atoms with Crippen LogP contribution in [0.3, 0.4) is 0 Å². The van der Waals surface area contributed by atoms with E-state index in [4.69, 9.17) is 11.6 Å². The molecule has 0 aliphatic carbocycles. The van der Waals surface area contributed by atoms with Crippen LogP contribution in [-0.4, -0.2) is 19.4 Å². The first-order valence-corrected chi connectivity index (χ1v) is 5.51. The highest BCUT2D eigenvalue weighted by Gasteiger charge is 2.60. The van der Waals surface area contributed by atoms with Crippen molar-refractivity contribution in [3.8, 4) is 0 Å². The summed E-state index contributed by atoms with van der Waals surface area (Å²) < 4.78 is 75.8. The molecule has 0 bridgehead atoms. The van der Waals surface area contributed by atoms with Crippen LogP contribution >= 0.6 is 11.6 Å². The van der Waals surface area contributed by atoms with Gasteiger partial charge in [-0.15, -0.1) is 0 Å². The van der Waals surface area contributed by atoms with E-state index in [2.05, 4.69) is 5.32 Å². The van der Waals surface area contributed by atoms with Crippen molar-refractivity contribution in [2.45, 2.75) is 18.4 Å². The lowest BCUT2D eigenvalue weighted by Crippen LogP contribution is -2.45. The van der Waals surface area contributed by atoms with E-state index in [1.807, 2.05) is 0 Å². The van der Waals surface area contributed by atoms with Crippen LogP contribution in [0.2, 0.25) is 5.02 Å². The Morgan fingerprint density at radius 3 is 1.68 bits per heavy atom. The third-order valence-corrected chi connectivity index (χ3v) is 2.83. The van der Waals surface area contributed by atoms with Crippen molar-refractivity contribution in [3.63, 3.8) is 0 Å². The molecule has 0 aromatic heterocycles. The Hall–Kier alpha value is -0.950. The summed E-state index contributed by atoms with van der Waals surface area (Å²) in [6.45, 7) is 0. The number of nitrogens with one attached hydrogen (secondary N) is 1. The average Bonchev–Trinajstić information content (AvgIpc) is 2.23. The Morgan fingerprint density at radius 2 is 1.37 bits per heavy atom. The second-order valence-electron chi connectivity index (χ2n) is 3.88. The van der Waals surface area contributed by atoms with Crippen LogP contribution in [0.15, 0.2) is 24.3 Å². The predicted molar refractivity (Wildman–Crippen MR) is 58.9 cm³/mol. The lowest BCUT2D eigenvalue weighted by atomic mass is 9.92. The third-order valence-electron chi connectivity index (χ3n) is 2.58. The molecule has 1 atom stereocenters. The summed E-state index contributed by atoms with van der Waals surface area (Å²) >= 11 is 5.55. The molecule has 0 saturated carbocycles. The Balaban J connectivity index is 3.21. The summed E-state index contributed by atoms with van der Waals surface area (Å²) in [7, 11) is 1.05. The van der Waals surface area contributed by atoms with Gasteiger partial charge in [0.05, 0.1) is 6.04 Å². The predicted octanol–water partition coefficient (Wildman–Crippen LogP) is 4.34. The molecule has 0 fully saturated rings. The quantitative estimate of drug-likeness (QED) is 0.819. The standard InChI is InChI=1S/C11H10ClF6N/c1-19-8(6-2-4-7(12)5-3-6)9(10(13,14)15)11(16,17)18/h2-5,8-9,19H,1H3. The third kappa shape index (κ3) is 4.01. The number of hydrogen-bond acceptors (Lipinski definition) is 1. The van der Waals surface area contributed by atoms with E-state index >= 15 is 0 Å². The molecule has 1 aromatic rings. The van der Waals surface area contributed by atoms with E-state index in [-0.39, 0.29) is 10.6 Å². The molecule has 108 valence electrons. The highest BCUT2D eigenvalue weighted by molar-refractivity contribution is 6.30. The van der Waals surface area contributed by atoms with Crippen molar-refractivity contribution in [2.75, 3.05) is 7.05 Å². The highest BCUT2D eigenvalue weighted by Crippen LogP contribution is 2.46. The van der Waals surface area contributed by atoms with Gasteiger partial charge in [0.1, 0.15) is 0 Å². The van der Waals surface area contributed by atoms with Gasteiger partial charge in [0.2, 0.25) is 0 Å². The van der Waals surface area contributed by atoms with Gasteiger partial charge in [-0.05, 0) is 24.7 Å². The van der Waals surface area contributed by atoms with Crippen molar-refractivity contribution in [1.82, 2.24) is 5.32 Å². The minimum Gasteiger partial charge on any atom is -0.312 e. The SMILES string of the molecule is CNC(c1ccc(Cl)cc1)C(C(F)(F)F)C(F)(F)F. The summed E-state index contributed by atoms with van der Waals surface area (Å²) in [6, 6.07) is 2.83. The second-order valence-corrected chi connectivity index (χ2v) is 4.32. The Kier molecular flexibility index (Phi) is 4.73. The summed E-state index contributed by atoms with van der Waals surface area (Å²) in [4.78, 5) is 0. The van der Waals surface area contributed by atoms with Crippen LogP contribution in [-0.2, 0) is 0 Å². The number of benzene rings is 1. The fourth-order valence-electron chi connectivity index (χ4n) is 1.76. The van der Waals surface area contributed by atoms with Crippen molar-refractivity contribution in [1.29, 1.82) is 0 Å². The summed E-state index contributed by atoms with van der Waals surface area (Å²) in [5, 5.41) is 2.30. The monoisotopic (exact) mass is 305 g/mol. The van der Waals surface area contributed by atoms with Crippen molar-refractivity contribution in [2.24, 2.45) is 5.92 Å². The maximum Gasteiger partial charge on any atom is 0.402 e. The van der Waals surface area contributed by atoms with Gasteiger partial charge in [-0.3, -0.25) is 0 Å². The summed E-state index contributed by atoms with van der Waals surface area (Å²) in [5.41, 5.74) is -0.133. The van der Waals surface area contributed by atoms with Gasteiger partial charge < -0.3 is 5.32 Å². The largest absolute Gasteiger partial charge is 0.402 e. The van der Waals surface area contributed by atoms with Crippen molar-refractivity contribution >= 4 is 11.6 Å². The van der Waals surface area contributed by atoms with Gasteiger partial charge in [0, 0.05) is 5.02 Å². The molecular formula is C11H10ClF6N. The molecule has 0 aliphatic rings. The van der Waals surface area contributed by atoms with E-state index in [1.54, 1.807) is 0 Å². The van der Waals surface area contributed by atoms with E-state index in [0.717, 1.165) is 19.2 Å². The van der Waals surface area contributed by atoms with Gasteiger partial charge in [0.25, 0.3) is 0 Å². The van der Waals surface area contributed by atoms with Gasteiger partial charge in [-0.2, -0.15) is 26.3 Å². The zero-order valence-electron chi connectivity index (χ0n) is 9.61. The maximum absolute atomic E-state index is 12.6. The molecule has 0 saturated heterocycles. The van der Waals surface area contributed by atoms with Crippen LogP contribution in [0, 0.1) is 5.92 Å². The van der Waals surface area contributed by atoms with E-state index in [0.29, 0.717) is 0 Å². The van der Waals surface area contributed by atoms with Crippen molar-refractivity contribution in [3.05, 3.63) is 34.9 Å². The summed E-state index contributed by atoms with van der Waals surface area (Å²) in [5.74, 6) is -3.48. The molecule has 0 radical (unpaired) electrons. The Bertz CT molecular complexity index is 397. The second kappa shape index (κ2) is 5.58.